The van der Waals surface area contributed by atoms with Crippen LogP contribution in [0.1, 0.15) is 0 Å². The third-order valence-electron chi connectivity index (χ3n) is 2.31. The van der Waals surface area contributed by atoms with Crippen molar-refractivity contribution in [3.05, 3.63) is 36.7 Å². The zero-order valence-electron chi connectivity index (χ0n) is 10.4. The predicted octanol–water partition coefficient (Wildman–Crippen LogP) is 1.46. The van der Waals surface area contributed by atoms with E-state index in [1.165, 1.54) is 24.3 Å². The minimum absolute atomic E-state index is 0.0876. The average molecular weight is 316 g/mol. The molecule has 0 spiro atoms. The number of hydrogen-bond acceptors (Lipinski definition) is 6. The van der Waals surface area contributed by atoms with Crippen molar-refractivity contribution in [2.24, 2.45) is 0 Å². The van der Waals surface area contributed by atoms with Crippen LogP contribution in [0.4, 0.5) is 20.4 Å². The zero-order chi connectivity index (χ0) is 15.5. The van der Waals surface area contributed by atoms with Crippen LogP contribution in [0.3, 0.4) is 0 Å². The molecular weight excluding hydrogens is 306 g/mol. The molecule has 0 fully saturated rings. The molecule has 2 aromatic rings. The molecule has 0 bridgehead atoms. The third-order valence-corrected chi connectivity index (χ3v) is 3.63. The second-order valence-electron chi connectivity index (χ2n) is 3.76. The van der Waals surface area contributed by atoms with Gasteiger partial charge in [0.15, 0.2) is 0 Å². The highest BCUT2D eigenvalue weighted by Crippen LogP contribution is 2.27. The first-order valence-corrected chi connectivity index (χ1v) is 7.01. The fourth-order valence-corrected chi connectivity index (χ4v) is 2.38. The molecule has 10 heteroatoms. The average Bonchev–Trinajstić information content (AvgIpc) is 2.40. The molecule has 0 aliphatic carbocycles. The van der Waals surface area contributed by atoms with Crippen LogP contribution in [0, 0.1) is 0 Å². The first-order valence-electron chi connectivity index (χ1n) is 5.52. The molecule has 0 amide bonds. The Morgan fingerprint density at radius 1 is 1.19 bits per heavy atom. The number of ether oxygens (including phenoxy) is 1. The first kappa shape index (κ1) is 14.9. The maximum Gasteiger partial charge on any atom is 0.387 e. The molecule has 0 saturated heterocycles. The lowest BCUT2D eigenvalue weighted by molar-refractivity contribution is -0.0493. The first-order chi connectivity index (χ1) is 9.88. The lowest BCUT2D eigenvalue weighted by atomic mass is 10.3. The van der Waals surface area contributed by atoms with E-state index in [4.69, 9.17) is 5.73 Å². The highest BCUT2D eigenvalue weighted by molar-refractivity contribution is 7.92. The van der Waals surface area contributed by atoms with Gasteiger partial charge in [0.2, 0.25) is 5.95 Å². The van der Waals surface area contributed by atoms with Crippen molar-refractivity contribution in [3.8, 4) is 5.75 Å². The maximum atomic E-state index is 12.3. The number of sulfonamides is 1. The van der Waals surface area contributed by atoms with E-state index in [2.05, 4.69) is 19.4 Å². The number of hydrogen-bond donors (Lipinski definition) is 2. The van der Waals surface area contributed by atoms with Gasteiger partial charge in [-0.05, 0) is 12.1 Å². The topological polar surface area (TPSA) is 107 Å². The van der Waals surface area contributed by atoms with Crippen molar-refractivity contribution >= 4 is 21.7 Å². The number of halogens is 2. The van der Waals surface area contributed by atoms with Gasteiger partial charge in [0.25, 0.3) is 10.0 Å². The molecule has 1 aromatic heterocycles. The number of nitrogens with two attached hydrogens (primary N) is 1. The van der Waals surface area contributed by atoms with Crippen molar-refractivity contribution in [1.29, 1.82) is 0 Å². The number of benzene rings is 1. The molecule has 112 valence electrons. The fraction of sp³-hybridized carbons (Fsp3) is 0.0909. The summed E-state index contributed by atoms with van der Waals surface area (Å²) >= 11 is 0. The van der Waals surface area contributed by atoms with Crippen LogP contribution in [0.2, 0.25) is 0 Å². The molecule has 0 aliphatic rings. The molecular formula is C11H10F2N4O3S. The Bertz CT molecular complexity index is 723. The minimum atomic E-state index is -4.04. The monoisotopic (exact) mass is 316 g/mol. The Kier molecular flexibility index (Phi) is 4.17. The van der Waals surface area contributed by atoms with Gasteiger partial charge in [0, 0.05) is 0 Å². The summed E-state index contributed by atoms with van der Waals surface area (Å²) in [6.07, 6.45) is 2.00. The van der Waals surface area contributed by atoms with Crippen LogP contribution in [-0.4, -0.2) is 25.0 Å². The Hall–Kier alpha value is -2.49. The normalized spacial score (nSPS) is 11.4. The molecule has 21 heavy (non-hydrogen) atoms. The van der Waals surface area contributed by atoms with Crippen molar-refractivity contribution in [2.75, 3.05) is 10.5 Å². The summed E-state index contributed by atoms with van der Waals surface area (Å²) in [5, 5.41) is 0. The molecule has 0 unspecified atom stereocenters. The summed E-state index contributed by atoms with van der Waals surface area (Å²) in [7, 11) is -4.04. The molecule has 7 nitrogen and oxygen atoms in total. The van der Waals surface area contributed by atoms with Gasteiger partial charge in [-0.3, -0.25) is 4.72 Å². The van der Waals surface area contributed by atoms with E-state index in [-0.39, 0.29) is 22.3 Å². The smallest absolute Gasteiger partial charge is 0.387 e. The van der Waals surface area contributed by atoms with Crippen LogP contribution < -0.4 is 15.2 Å². The van der Waals surface area contributed by atoms with E-state index in [1.807, 2.05) is 0 Å². The van der Waals surface area contributed by atoms with Gasteiger partial charge in [-0.15, -0.1) is 0 Å². The van der Waals surface area contributed by atoms with Gasteiger partial charge in [0.05, 0.1) is 18.1 Å². The number of nitrogens with one attached hydrogen (secondary N) is 1. The summed E-state index contributed by atoms with van der Waals surface area (Å²) < 4.78 is 55.0. The molecule has 0 radical (unpaired) electrons. The molecule has 2 rings (SSSR count). The number of alkyl halides is 2. The van der Waals surface area contributed by atoms with Crippen molar-refractivity contribution in [1.82, 2.24) is 9.97 Å². The lowest BCUT2D eigenvalue weighted by Crippen LogP contribution is -2.15. The third kappa shape index (κ3) is 3.75. The second-order valence-corrected chi connectivity index (χ2v) is 5.44. The number of nitrogen functional groups attached to an aromatic ring is 1. The van der Waals surface area contributed by atoms with Gasteiger partial charge in [-0.25, -0.2) is 18.4 Å². The number of para-hydroxylation sites is 2. The largest absolute Gasteiger partial charge is 0.433 e. The standard InChI is InChI=1S/C11H10F2N4O3S/c12-10(13)20-9-4-2-1-3-8(9)17-21(18,19)7-5-15-11(14)16-6-7/h1-6,10,17H,(H2,14,15,16). The predicted molar refractivity (Wildman–Crippen MR) is 70.3 cm³/mol. The van der Waals surface area contributed by atoms with Crippen LogP contribution in [0.15, 0.2) is 41.6 Å². The van der Waals surface area contributed by atoms with E-state index >= 15 is 0 Å². The van der Waals surface area contributed by atoms with Gasteiger partial charge in [0.1, 0.15) is 10.6 Å². The summed E-state index contributed by atoms with van der Waals surface area (Å²) in [4.78, 5) is 6.85. The summed E-state index contributed by atoms with van der Waals surface area (Å²) in [6.45, 7) is -3.07. The summed E-state index contributed by atoms with van der Waals surface area (Å²) in [5.41, 5.74) is 5.13. The second kappa shape index (κ2) is 5.87. The maximum absolute atomic E-state index is 12.3. The quantitative estimate of drug-likeness (QED) is 0.864. The Balaban J connectivity index is 2.30. The molecule has 3 N–H and O–H groups in total. The van der Waals surface area contributed by atoms with Crippen molar-refractivity contribution in [3.63, 3.8) is 0 Å². The van der Waals surface area contributed by atoms with E-state index < -0.39 is 16.6 Å². The van der Waals surface area contributed by atoms with Crippen LogP contribution in [0.25, 0.3) is 0 Å². The fourth-order valence-electron chi connectivity index (χ4n) is 1.42. The molecule has 1 heterocycles. The summed E-state index contributed by atoms with van der Waals surface area (Å²) in [5.74, 6) is -0.386. The zero-order valence-corrected chi connectivity index (χ0v) is 11.2. The number of anilines is 2. The Morgan fingerprint density at radius 3 is 2.43 bits per heavy atom. The van der Waals surface area contributed by atoms with Crippen LogP contribution >= 0.6 is 0 Å². The van der Waals surface area contributed by atoms with Gasteiger partial charge >= 0.3 is 6.61 Å². The lowest BCUT2D eigenvalue weighted by Gasteiger charge is -2.12. The van der Waals surface area contributed by atoms with Gasteiger partial charge < -0.3 is 10.5 Å². The van der Waals surface area contributed by atoms with E-state index in [0.29, 0.717) is 0 Å². The number of aromatic nitrogens is 2. The SMILES string of the molecule is Nc1ncc(S(=O)(=O)Nc2ccccc2OC(F)F)cn1. The van der Waals surface area contributed by atoms with E-state index in [0.717, 1.165) is 12.4 Å². The van der Waals surface area contributed by atoms with Gasteiger partial charge in [-0.1, -0.05) is 12.1 Å². The number of rotatable bonds is 5. The minimum Gasteiger partial charge on any atom is -0.433 e. The Labute approximate surface area is 118 Å². The molecule has 1 aromatic carbocycles. The molecule has 0 atom stereocenters. The Morgan fingerprint density at radius 2 is 1.81 bits per heavy atom. The highest BCUT2D eigenvalue weighted by Gasteiger charge is 2.18. The van der Waals surface area contributed by atoms with Crippen LogP contribution in [0.5, 0.6) is 5.75 Å². The number of nitrogens with zero attached hydrogens (tertiary/aromatic N) is 2. The summed E-state index contributed by atoms with van der Waals surface area (Å²) in [6, 6.07) is 5.40. The highest BCUT2D eigenvalue weighted by atomic mass is 32.2. The van der Waals surface area contributed by atoms with E-state index in [1.54, 1.807) is 0 Å². The van der Waals surface area contributed by atoms with E-state index in [9.17, 15) is 17.2 Å². The van der Waals surface area contributed by atoms with Crippen molar-refractivity contribution < 1.29 is 21.9 Å². The molecule has 0 saturated carbocycles. The molecule has 0 aliphatic heterocycles. The van der Waals surface area contributed by atoms with Crippen LogP contribution in [-0.2, 0) is 10.0 Å². The van der Waals surface area contributed by atoms with Gasteiger partial charge in [-0.2, -0.15) is 8.78 Å². The van der Waals surface area contributed by atoms with Crippen molar-refractivity contribution in [2.45, 2.75) is 11.5 Å².